The third kappa shape index (κ3) is 0.785. The second-order valence-corrected chi connectivity index (χ2v) is 4.24. The molecule has 2 rings (SSSR count). The molecule has 0 aromatic heterocycles. The number of guanidine groups is 1. The van der Waals surface area contributed by atoms with Gasteiger partial charge in [-0.3, -0.25) is 5.41 Å². The van der Waals surface area contributed by atoms with E-state index >= 15 is 0 Å². The molecule has 0 aromatic rings. The van der Waals surface area contributed by atoms with Crippen LogP contribution in [0, 0.1) is 5.41 Å². The number of thioether (sulfide) groups is 1. The van der Waals surface area contributed by atoms with E-state index in [0.29, 0.717) is 23.3 Å². The van der Waals surface area contributed by atoms with Crippen molar-refractivity contribution in [1.82, 2.24) is 10.6 Å². The van der Waals surface area contributed by atoms with Crippen LogP contribution >= 0.6 is 11.8 Å². The molecule has 2 aliphatic heterocycles. The van der Waals surface area contributed by atoms with E-state index in [4.69, 9.17) is 5.41 Å². The average Bonchev–Trinajstić information content (AvgIpc) is 2.35. The summed E-state index contributed by atoms with van der Waals surface area (Å²) in [6.45, 7) is 2.21. The fourth-order valence-corrected chi connectivity index (χ4v) is 2.80. The molecule has 3 atom stereocenters. The lowest BCUT2D eigenvalue weighted by molar-refractivity contribution is 0.569. The van der Waals surface area contributed by atoms with Crippen molar-refractivity contribution in [2.45, 2.75) is 24.3 Å². The number of hydrogen-bond acceptors (Lipinski definition) is 2. The van der Waals surface area contributed by atoms with Crippen molar-refractivity contribution in [1.29, 1.82) is 5.41 Å². The lowest BCUT2D eigenvalue weighted by Crippen LogP contribution is -2.35. The van der Waals surface area contributed by atoms with Gasteiger partial charge < -0.3 is 10.6 Å². The van der Waals surface area contributed by atoms with E-state index in [2.05, 4.69) is 17.6 Å². The van der Waals surface area contributed by atoms with Gasteiger partial charge in [-0.25, -0.2) is 0 Å². The summed E-state index contributed by atoms with van der Waals surface area (Å²) in [6, 6.07) is 1.00. The molecule has 56 valence electrons. The molecule has 0 aliphatic carbocycles. The smallest absolute Gasteiger partial charge is 0.189 e. The SMILES string of the molecule is CC1SCC2NC(=N)NC21. The van der Waals surface area contributed by atoms with Crippen LogP contribution in [-0.4, -0.2) is 29.0 Å². The van der Waals surface area contributed by atoms with Gasteiger partial charge in [0, 0.05) is 11.0 Å². The lowest BCUT2D eigenvalue weighted by atomic mass is 10.1. The van der Waals surface area contributed by atoms with Crippen LogP contribution in [0.1, 0.15) is 6.92 Å². The molecule has 0 bridgehead atoms. The second-order valence-electron chi connectivity index (χ2n) is 2.83. The highest BCUT2D eigenvalue weighted by atomic mass is 32.2. The second kappa shape index (κ2) is 2.05. The van der Waals surface area contributed by atoms with Gasteiger partial charge in [0.05, 0.1) is 12.1 Å². The largest absolute Gasteiger partial charge is 0.351 e. The van der Waals surface area contributed by atoms with Crippen molar-refractivity contribution in [3.63, 3.8) is 0 Å². The molecule has 2 saturated heterocycles. The van der Waals surface area contributed by atoms with Crippen LogP contribution in [0.15, 0.2) is 0 Å². The van der Waals surface area contributed by atoms with Crippen LogP contribution in [-0.2, 0) is 0 Å². The standard InChI is InChI=1S/C6H11N3S/c1-3-5-4(2-10-3)8-6(7)9-5/h3-5H,2H2,1H3,(H3,7,8,9). The van der Waals surface area contributed by atoms with Gasteiger partial charge in [0.25, 0.3) is 0 Å². The first-order chi connectivity index (χ1) is 4.77. The van der Waals surface area contributed by atoms with Gasteiger partial charge in [0.2, 0.25) is 0 Å². The maximum atomic E-state index is 7.31. The van der Waals surface area contributed by atoms with Gasteiger partial charge >= 0.3 is 0 Å². The Bertz CT molecular complexity index is 170. The van der Waals surface area contributed by atoms with E-state index in [0.717, 1.165) is 5.75 Å². The molecule has 0 radical (unpaired) electrons. The van der Waals surface area contributed by atoms with Crippen molar-refractivity contribution < 1.29 is 0 Å². The molecule has 0 saturated carbocycles. The number of rotatable bonds is 0. The summed E-state index contributed by atoms with van der Waals surface area (Å²) in [7, 11) is 0. The topological polar surface area (TPSA) is 47.9 Å². The van der Waals surface area contributed by atoms with Gasteiger partial charge in [0.1, 0.15) is 0 Å². The highest BCUT2D eigenvalue weighted by molar-refractivity contribution is 8.00. The van der Waals surface area contributed by atoms with E-state index in [9.17, 15) is 0 Å². The minimum Gasteiger partial charge on any atom is -0.351 e. The molecule has 3 nitrogen and oxygen atoms in total. The van der Waals surface area contributed by atoms with E-state index in [1.807, 2.05) is 11.8 Å². The molecule has 2 aliphatic rings. The maximum Gasteiger partial charge on any atom is 0.189 e. The molecule has 10 heavy (non-hydrogen) atoms. The molecule has 3 N–H and O–H groups in total. The predicted octanol–water partition coefficient (Wildman–Crippen LogP) is -0.0135. The number of hydrogen-bond donors (Lipinski definition) is 3. The van der Waals surface area contributed by atoms with Crippen LogP contribution in [0.25, 0.3) is 0 Å². The molecule has 0 amide bonds. The van der Waals surface area contributed by atoms with Crippen molar-refractivity contribution in [2.75, 3.05) is 5.75 Å². The van der Waals surface area contributed by atoms with Crippen LogP contribution in [0.3, 0.4) is 0 Å². The number of fused-ring (bicyclic) bond motifs is 1. The lowest BCUT2D eigenvalue weighted by Gasteiger charge is -2.10. The fourth-order valence-electron chi connectivity index (χ4n) is 1.53. The Morgan fingerprint density at radius 1 is 1.60 bits per heavy atom. The molecule has 2 fully saturated rings. The molecular formula is C6H11N3S. The molecule has 2 heterocycles. The quantitative estimate of drug-likeness (QED) is 0.463. The van der Waals surface area contributed by atoms with Crippen LogP contribution in [0.4, 0.5) is 0 Å². The van der Waals surface area contributed by atoms with Gasteiger partial charge in [-0.1, -0.05) is 6.92 Å². The van der Waals surface area contributed by atoms with Gasteiger partial charge in [-0.2, -0.15) is 11.8 Å². The Balaban J connectivity index is 2.12. The fraction of sp³-hybridized carbons (Fsp3) is 0.833. The number of nitrogens with one attached hydrogen (secondary N) is 3. The summed E-state index contributed by atoms with van der Waals surface area (Å²) < 4.78 is 0. The first kappa shape index (κ1) is 6.34. The maximum absolute atomic E-state index is 7.31. The Hall–Kier alpha value is -0.380. The summed E-state index contributed by atoms with van der Waals surface area (Å²) in [6.07, 6.45) is 0. The Kier molecular flexibility index (Phi) is 1.30. The third-order valence-electron chi connectivity index (χ3n) is 2.12. The highest BCUT2D eigenvalue weighted by Gasteiger charge is 2.39. The van der Waals surface area contributed by atoms with E-state index in [-0.39, 0.29) is 0 Å². The van der Waals surface area contributed by atoms with Gasteiger partial charge in [-0.15, -0.1) is 0 Å². The Morgan fingerprint density at radius 2 is 2.40 bits per heavy atom. The monoisotopic (exact) mass is 157 g/mol. The summed E-state index contributed by atoms with van der Waals surface area (Å²) >= 11 is 1.97. The zero-order valence-electron chi connectivity index (χ0n) is 5.85. The molecule has 3 unspecified atom stereocenters. The van der Waals surface area contributed by atoms with Crippen LogP contribution in [0.5, 0.6) is 0 Å². The Labute approximate surface area is 64.5 Å². The first-order valence-corrected chi connectivity index (χ1v) is 4.55. The molecule has 0 aromatic carbocycles. The van der Waals surface area contributed by atoms with Crippen molar-refractivity contribution in [3.05, 3.63) is 0 Å². The molecule has 4 heteroatoms. The van der Waals surface area contributed by atoms with Crippen LogP contribution in [0.2, 0.25) is 0 Å². The van der Waals surface area contributed by atoms with E-state index in [1.54, 1.807) is 0 Å². The molecular weight excluding hydrogens is 146 g/mol. The zero-order valence-corrected chi connectivity index (χ0v) is 6.66. The van der Waals surface area contributed by atoms with Gasteiger partial charge in [0.15, 0.2) is 5.96 Å². The predicted molar refractivity (Wildman–Crippen MR) is 43.5 cm³/mol. The normalized spacial score (nSPS) is 44.5. The minimum atomic E-state index is 0.498. The average molecular weight is 157 g/mol. The van der Waals surface area contributed by atoms with Crippen molar-refractivity contribution in [3.8, 4) is 0 Å². The summed E-state index contributed by atoms with van der Waals surface area (Å²) in [5.74, 6) is 1.64. The Morgan fingerprint density at radius 3 is 3.10 bits per heavy atom. The minimum absolute atomic E-state index is 0.498. The molecule has 0 spiro atoms. The van der Waals surface area contributed by atoms with Crippen LogP contribution < -0.4 is 10.6 Å². The van der Waals surface area contributed by atoms with Crippen molar-refractivity contribution in [2.24, 2.45) is 0 Å². The van der Waals surface area contributed by atoms with Crippen molar-refractivity contribution >= 4 is 17.7 Å². The van der Waals surface area contributed by atoms with E-state index < -0.39 is 0 Å². The third-order valence-corrected chi connectivity index (χ3v) is 3.49. The highest BCUT2D eigenvalue weighted by Crippen LogP contribution is 2.28. The zero-order chi connectivity index (χ0) is 7.14. The summed E-state index contributed by atoms with van der Waals surface area (Å²) in [5.41, 5.74) is 0. The first-order valence-electron chi connectivity index (χ1n) is 3.50. The summed E-state index contributed by atoms with van der Waals surface area (Å²) in [4.78, 5) is 0. The van der Waals surface area contributed by atoms with Gasteiger partial charge in [-0.05, 0) is 0 Å². The summed E-state index contributed by atoms with van der Waals surface area (Å²) in [5, 5.41) is 14.2. The van der Waals surface area contributed by atoms with E-state index in [1.165, 1.54) is 0 Å².